The summed E-state index contributed by atoms with van der Waals surface area (Å²) < 4.78 is 45.1. The molecule has 0 fully saturated rings. The van der Waals surface area contributed by atoms with Crippen LogP contribution in [0.15, 0.2) is 89.3 Å². The molecule has 3 aromatic carbocycles. The molecule has 0 aliphatic rings. The van der Waals surface area contributed by atoms with E-state index in [0.29, 0.717) is 5.02 Å². The number of rotatable bonds is 2. The molecule has 0 unspecified atom stereocenters. The van der Waals surface area contributed by atoms with Gasteiger partial charge in [0.05, 0.1) is 11.5 Å². The lowest BCUT2D eigenvalue weighted by molar-refractivity contribution is -0.400. The van der Waals surface area contributed by atoms with Gasteiger partial charge >= 0.3 is 7.25 Å². The molecule has 0 saturated heterocycles. The van der Waals surface area contributed by atoms with Gasteiger partial charge in [0.25, 0.3) is 0 Å². The van der Waals surface area contributed by atoms with E-state index in [9.17, 15) is 17.3 Å². The van der Waals surface area contributed by atoms with Crippen LogP contribution in [0.4, 0.5) is 23.0 Å². The Morgan fingerprint density at radius 1 is 0.759 bits per heavy atom. The van der Waals surface area contributed by atoms with Crippen molar-refractivity contribution in [3.05, 3.63) is 95.3 Å². The maximum Gasteiger partial charge on any atom is 0.673 e. The smallest absolute Gasteiger partial charge is 0.456 e. The Morgan fingerprint density at radius 2 is 1.34 bits per heavy atom. The van der Waals surface area contributed by atoms with E-state index in [1.165, 1.54) is 0 Å². The Labute approximate surface area is 169 Å². The zero-order valence-corrected chi connectivity index (χ0v) is 15.7. The molecule has 0 spiro atoms. The highest BCUT2D eigenvalue weighted by Gasteiger charge is 2.20. The molecule has 2 nitrogen and oxygen atoms in total. The Kier molecular flexibility index (Phi) is 6.39. The number of hydrogen-bond acceptors (Lipinski definition) is 1. The monoisotopic (exact) mass is 419 g/mol. The fourth-order valence-electron chi connectivity index (χ4n) is 2.68. The first-order valence-corrected chi connectivity index (χ1v) is 8.98. The predicted molar refractivity (Wildman–Crippen MR) is 107 cm³/mol. The van der Waals surface area contributed by atoms with Crippen molar-refractivity contribution in [1.29, 1.82) is 0 Å². The molecular weight excluding hydrogens is 404 g/mol. The summed E-state index contributed by atoms with van der Waals surface area (Å²) in [5.74, 6) is 0.809. The molecule has 29 heavy (non-hydrogen) atoms. The van der Waals surface area contributed by atoms with Crippen LogP contribution >= 0.6 is 11.6 Å². The largest absolute Gasteiger partial charge is 0.673 e. The molecule has 4 aromatic rings. The average molecular weight is 420 g/mol. The predicted octanol–water partition coefficient (Wildman–Crippen LogP) is 5.37. The first-order chi connectivity index (χ1) is 13.8. The number of benzene rings is 3. The van der Waals surface area contributed by atoms with Gasteiger partial charge in [0.2, 0.25) is 11.0 Å². The van der Waals surface area contributed by atoms with Crippen molar-refractivity contribution in [1.82, 2.24) is 0 Å². The summed E-state index contributed by atoms with van der Waals surface area (Å²) in [4.78, 5) is 3.47. The van der Waals surface area contributed by atoms with E-state index in [0.717, 1.165) is 33.3 Å². The fraction of sp³-hybridized carbons (Fsp3) is 0. The third-order valence-electron chi connectivity index (χ3n) is 3.84. The number of halogens is 5. The number of fused-ring (bicyclic) bond motifs is 1. The van der Waals surface area contributed by atoms with E-state index >= 15 is 0 Å². The Hall–Kier alpha value is -3.06. The van der Waals surface area contributed by atoms with Crippen molar-refractivity contribution in [3.8, 4) is 11.3 Å². The van der Waals surface area contributed by atoms with Crippen LogP contribution in [0.3, 0.4) is 0 Å². The fourth-order valence-corrected chi connectivity index (χ4v) is 2.86. The summed E-state index contributed by atoms with van der Waals surface area (Å²) >= 11 is 6.18. The summed E-state index contributed by atoms with van der Waals surface area (Å²) in [6, 6.07) is 27.8. The van der Waals surface area contributed by atoms with Gasteiger partial charge in [0, 0.05) is 22.7 Å². The van der Waals surface area contributed by atoms with E-state index in [-0.39, 0.29) is 0 Å². The Bertz CT molecular complexity index is 1160. The van der Waals surface area contributed by atoms with E-state index < -0.39 is 7.25 Å². The molecule has 0 aliphatic carbocycles. The minimum atomic E-state index is -6.00. The van der Waals surface area contributed by atoms with Crippen molar-refractivity contribution in [2.24, 2.45) is 0 Å². The molecule has 148 valence electrons. The maximum atomic E-state index is 9.75. The van der Waals surface area contributed by atoms with Gasteiger partial charge in [0.1, 0.15) is 11.3 Å². The van der Waals surface area contributed by atoms with Crippen LogP contribution in [-0.2, 0) is 0 Å². The summed E-state index contributed by atoms with van der Waals surface area (Å²) in [7, 11) is -6.00. The van der Waals surface area contributed by atoms with Crippen LogP contribution < -0.4 is 10.3 Å². The topological polar surface area (TPSA) is 27.1 Å². The van der Waals surface area contributed by atoms with Gasteiger partial charge in [-0.25, -0.2) is 4.99 Å². The number of para-hydroxylation sites is 1. The van der Waals surface area contributed by atoms with E-state index in [2.05, 4.69) is 4.99 Å². The second-order valence-corrected chi connectivity index (χ2v) is 6.45. The average Bonchev–Trinajstić information content (AvgIpc) is 2.68. The highest BCUT2D eigenvalue weighted by atomic mass is 35.5. The lowest BCUT2D eigenvalue weighted by atomic mass is 10.1. The standard InChI is InChI=1S/C21H14ClNO.BF4/c22-16-11-12-20-18(13-16)19(23-17-9-5-2-6-10-17)14-21(24-20)15-7-3-1-4-8-15;2-1(3,4)5/h1-14H;/q;-1/p+1. The van der Waals surface area contributed by atoms with Crippen LogP contribution in [-0.4, -0.2) is 7.25 Å². The van der Waals surface area contributed by atoms with Gasteiger partial charge < -0.3 is 21.7 Å². The molecule has 1 N–H and O–H groups in total. The third kappa shape index (κ3) is 6.22. The zero-order valence-electron chi connectivity index (χ0n) is 15.0. The highest BCUT2D eigenvalue weighted by Crippen LogP contribution is 2.23. The normalized spacial score (nSPS) is 11.8. The lowest BCUT2D eigenvalue weighted by Crippen LogP contribution is -2.70. The summed E-state index contributed by atoms with van der Waals surface area (Å²) in [5.41, 5.74) is 2.84. The highest BCUT2D eigenvalue weighted by molar-refractivity contribution is 6.50. The number of hydrogen-bond donors (Lipinski definition) is 1. The van der Waals surface area contributed by atoms with Gasteiger partial charge in [-0.3, -0.25) is 0 Å². The van der Waals surface area contributed by atoms with E-state index in [4.69, 9.17) is 16.0 Å². The maximum absolute atomic E-state index is 9.75. The quantitative estimate of drug-likeness (QED) is 0.343. The Morgan fingerprint density at radius 3 is 1.97 bits per heavy atom. The van der Waals surface area contributed by atoms with Crippen LogP contribution in [0.1, 0.15) is 0 Å². The summed E-state index contributed by atoms with van der Waals surface area (Å²) in [6.45, 7) is 0. The molecule has 0 atom stereocenters. The van der Waals surface area contributed by atoms with Gasteiger partial charge in [-0.1, -0.05) is 60.1 Å². The molecule has 0 amide bonds. The molecule has 0 aliphatic heterocycles. The van der Waals surface area contributed by atoms with Crippen molar-refractivity contribution in [3.63, 3.8) is 0 Å². The van der Waals surface area contributed by atoms with Crippen LogP contribution in [0.2, 0.25) is 5.02 Å². The van der Waals surface area contributed by atoms with Crippen LogP contribution in [0.25, 0.3) is 22.3 Å². The molecule has 1 heterocycles. The van der Waals surface area contributed by atoms with Crippen molar-refractivity contribution < 1.29 is 26.7 Å². The summed E-state index contributed by atoms with van der Waals surface area (Å²) in [5, 5.41) is 2.59. The zero-order chi connectivity index (χ0) is 20.9. The van der Waals surface area contributed by atoms with Gasteiger partial charge in [-0.2, -0.15) is 0 Å². The number of nitrogens with one attached hydrogen (secondary N) is 1. The van der Waals surface area contributed by atoms with Gasteiger partial charge in [-0.05, 0) is 18.2 Å². The second kappa shape index (κ2) is 8.96. The SMILES string of the molecule is Clc1ccc2oc(-c3ccccc3)cc(=[NH+]c3ccccc3)c2c1.F[B-](F)(F)F. The van der Waals surface area contributed by atoms with Crippen molar-refractivity contribution in [2.75, 3.05) is 0 Å². The third-order valence-corrected chi connectivity index (χ3v) is 4.07. The summed E-state index contributed by atoms with van der Waals surface area (Å²) in [6.07, 6.45) is 0. The first-order valence-electron chi connectivity index (χ1n) is 8.61. The first kappa shape index (κ1) is 20.7. The molecule has 0 bridgehead atoms. The van der Waals surface area contributed by atoms with E-state index in [1.54, 1.807) is 0 Å². The second-order valence-electron chi connectivity index (χ2n) is 6.02. The van der Waals surface area contributed by atoms with Crippen molar-refractivity contribution in [2.45, 2.75) is 0 Å². The molecule has 0 radical (unpaired) electrons. The van der Waals surface area contributed by atoms with Gasteiger partial charge in [-0.15, -0.1) is 0 Å². The Balaban J connectivity index is 0.000000431. The van der Waals surface area contributed by atoms with Gasteiger partial charge in [0.15, 0.2) is 0 Å². The van der Waals surface area contributed by atoms with Crippen LogP contribution in [0.5, 0.6) is 0 Å². The lowest BCUT2D eigenvalue weighted by Gasteiger charge is -2.03. The molecule has 8 heteroatoms. The molecule has 1 aromatic heterocycles. The minimum absolute atomic E-state index is 0.682. The molecule has 0 saturated carbocycles. The molecule has 4 rings (SSSR count). The minimum Gasteiger partial charge on any atom is -0.456 e. The molecular formula is C21H15BClF4NO. The van der Waals surface area contributed by atoms with E-state index in [1.807, 2.05) is 84.9 Å². The van der Waals surface area contributed by atoms with Crippen molar-refractivity contribution >= 4 is 35.5 Å². The van der Waals surface area contributed by atoms with Crippen LogP contribution in [0, 0.1) is 0 Å².